The number of hydrogen-bond acceptors (Lipinski definition) is 7. The fraction of sp³-hybridized carbons (Fsp3) is 0.310. The number of aromatic carboxylic acids is 1. The molecule has 0 radical (unpaired) electrons. The average molecular weight is 567 g/mol. The van der Waals surface area contributed by atoms with Crippen molar-refractivity contribution in [1.82, 2.24) is 0 Å². The minimum atomic E-state index is -1.18. The molecule has 10 heteroatoms. The Labute approximate surface area is 235 Å². The molecule has 1 aromatic heterocycles. The lowest BCUT2D eigenvalue weighted by atomic mass is 9.96. The lowest BCUT2D eigenvalue weighted by molar-refractivity contribution is -0.113. The van der Waals surface area contributed by atoms with Crippen molar-refractivity contribution in [3.63, 3.8) is 0 Å². The molecule has 0 spiro atoms. The van der Waals surface area contributed by atoms with Crippen molar-refractivity contribution >= 4 is 57.5 Å². The van der Waals surface area contributed by atoms with Gasteiger partial charge >= 0.3 is 11.9 Å². The number of ether oxygens (including phenoxy) is 1. The highest BCUT2D eigenvalue weighted by Gasteiger charge is 2.26. The zero-order valence-electron chi connectivity index (χ0n) is 21.6. The maximum atomic E-state index is 12.9. The topological polar surface area (TPSA) is 122 Å². The maximum Gasteiger partial charge on any atom is 0.341 e. The summed E-state index contributed by atoms with van der Waals surface area (Å²) < 4.78 is 5.32. The molecule has 0 saturated heterocycles. The molecule has 204 valence electrons. The van der Waals surface area contributed by atoms with Gasteiger partial charge in [-0.15, -0.1) is 23.1 Å². The summed E-state index contributed by atoms with van der Waals surface area (Å²) in [6.07, 6.45) is 6.06. The van der Waals surface area contributed by atoms with Crippen LogP contribution in [0.1, 0.15) is 74.1 Å². The summed E-state index contributed by atoms with van der Waals surface area (Å²) in [7, 11) is 0. The van der Waals surface area contributed by atoms with Gasteiger partial charge in [-0.25, -0.2) is 9.59 Å². The summed E-state index contributed by atoms with van der Waals surface area (Å²) in [6.45, 7) is 2.03. The van der Waals surface area contributed by atoms with E-state index in [0.717, 1.165) is 53.9 Å². The second-order valence-electron chi connectivity index (χ2n) is 9.01. The Balaban J connectivity index is 1.43. The van der Waals surface area contributed by atoms with Gasteiger partial charge in [0.15, 0.2) is 0 Å². The standard InChI is InChI=1S/C29H30N2O6S2/c1-2-37-29(36)25-22-14-5-3-4-6-15-23(22)39-27(25)31-24(32)17-38-19-11-9-10-18(16-19)30-26(33)20-12-7-8-13-21(20)28(34)35/h7-13,16H,2-6,14-15,17H2,1H3,(H,30,33)(H,31,32)(H,34,35). The summed E-state index contributed by atoms with van der Waals surface area (Å²) >= 11 is 2.76. The van der Waals surface area contributed by atoms with Crippen LogP contribution in [0.4, 0.5) is 10.7 Å². The number of carbonyl (C=O) groups excluding carboxylic acids is 3. The molecule has 1 heterocycles. The smallest absolute Gasteiger partial charge is 0.341 e. The second-order valence-corrected chi connectivity index (χ2v) is 11.2. The van der Waals surface area contributed by atoms with E-state index in [9.17, 15) is 24.3 Å². The lowest BCUT2D eigenvalue weighted by Gasteiger charge is -2.11. The maximum absolute atomic E-state index is 12.9. The molecule has 1 aliphatic carbocycles. The number of esters is 1. The first kappa shape index (κ1) is 28.4. The van der Waals surface area contributed by atoms with Crippen LogP contribution in [-0.2, 0) is 22.4 Å². The highest BCUT2D eigenvalue weighted by molar-refractivity contribution is 8.00. The van der Waals surface area contributed by atoms with E-state index < -0.39 is 17.8 Å². The highest BCUT2D eigenvalue weighted by Crippen LogP contribution is 2.38. The van der Waals surface area contributed by atoms with Gasteiger partial charge in [0, 0.05) is 15.5 Å². The van der Waals surface area contributed by atoms with Crippen molar-refractivity contribution < 1.29 is 29.0 Å². The predicted octanol–water partition coefficient (Wildman–Crippen LogP) is 6.27. The normalized spacial score (nSPS) is 12.9. The Bertz CT molecular complexity index is 1380. The SMILES string of the molecule is CCOC(=O)c1c(NC(=O)CSc2cccc(NC(=O)c3ccccc3C(=O)O)c2)sc2c1CCCCCC2. The van der Waals surface area contributed by atoms with Crippen LogP contribution in [-0.4, -0.2) is 41.2 Å². The zero-order chi connectivity index (χ0) is 27.8. The summed E-state index contributed by atoms with van der Waals surface area (Å²) in [5.41, 5.74) is 1.96. The Morgan fingerprint density at radius 1 is 0.949 bits per heavy atom. The number of carbonyl (C=O) groups is 4. The average Bonchev–Trinajstić information content (AvgIpc) is 3.23. The minimum absolute atomic E-state index is 0.0601. The van der Waals surface area contributed by atoms with Crippen LogP contribution in [0.25, 0.3) is 0 Å². The zero-order valence-corrected chi connectivity index (χ0v) is 23.2. The van der Waals surface area contributed by atoms with Crippen molar-refractivity contribution in [2.75, 3.05) is 23.0 Å². The molecular formula is C29H30N2O6S2. The van der Waals surface area contributed by atoms with Gasteiger partial charge in [0.2, 0.25) is 5.91 Å². The van der Waals surface area contributed by atoms with Gasteiger partial charge in [-0.05, 0) is 68.5 Å². The first-order valence-electron chi connectivity index (χ1n) is 12.9. The summed E-state index contributed by atoms with van der Waals surface area (Å²) in [5.74, 6) is -2.26. The van der Waals surface area contributed by atoms with Crippen LogP contribution in [0.3, 0.4) is 0 Å². The summed E-state index contributed by atoms with van der Waals surface area (Å²) in [5, 5.41) is 15.6. The molecule has 3 N–H and O–H groups in total. The van der Waals surface area contributed by atoms with Gasteiger partial charge in [-0.2, -0.15) is 0 Å². The molecule has 0 aliphatic heterocycles. The number of thiophene rings is 1. The molecule has 2 aromatic carbocycles. The van der Waals surface area contributed by atoms with E-state index in [1.807, 2.05) is 6.07 Å². The van der Waals surface area contributed by atoms with Crippen LogP contribution < -0.4 is 10.6 Å². The van der Waals surface area contributed by atoms with Crippen LogP contribution in [0, 0.1) is 0 Å². The van der Waals surface area contributed by atoms with Crippen molar-refractivity contribution in [3.05, 3.63) is 75.7 Å². The number of rotatable bonds is 9. The van der Waals surface area contributed by atoms with E-state index in [4.69, 9.17) is 4.74 Å². The highest BCUT2D eigenvalue weighted by atomic mass is 32.2. The van der Waals surface area contributed by atoms with Gasteiger partial charge in [-0.1, -0.05) is 31.0 Å². The van der Waals surface area contributed by atoms with Crippen molar-refractivity contribution in [2.24, 2.45) is 0 Å². The molecule has 4 rings (SSSR count). The molecule has 1 aliphatic rings. The van der Waals surface area contributed by atoms with Crippen LogP contribution in [0.2, 0.25) is 0 Å². The number of carboxylic acid groups (broad SMARTS) is 1. The molecular weight excluding hydrogens is 536 g/mol. The van der Waals surface area contributed by atoms with E-state index in [1.54, 1.807) is 37.3 Å². The number of fused-ring (bicyclic) bond motifs is 1. The van der Waals surface area contributed by atoms with Gasteiger partial charge < -0.3 is 20.5 Å². The number of hydrogen-bond donors (Lipinski definition) is 3. The molecule has 3 aromatic rings. The van der Waals surface area contributed by atoms with E-state index in [1.165, 1.54) is 35.2 Å². The number of anilines is 2. The van der Waals surface area contributed by atoms with E-state index in [-0.39, 0.29) is 29.4 Å². The molecule has 0 bridgehead atoms. The van der Waals surface area contributed by atoms with Crippen LogP contribution >= 0.6 is 23.1 Å². The van der Waals surface area contributed by atoms with Gasteiger partial charge in [-0.3, -0.25) is 9.59 Å². The van der Waals surface area contributed by atoms with Gasteiger partial charge in [0.25, 0.3) is 5.91 Å². The second kappa shape index (κ2) is 13.4. The van der Waals surface area contributed by atoms with E-state index in [0.29, 0.717) is 16.3 Å². The molecule has 0 unspecified atom stereocenters. The Kier molecular flexibility index (Phi) is 9.78. The number of amides is 2. The third-order valence-corrected chi connectivity index (χ3v) is 8.47. The fourth-order valence-corrected chi connectivity index (χ4v) is 6.52. The van der Waals surface area contributed by atoms with Crippen molar-refractivity contribution in [3.8, 4) is 0 Å². The monoisotopic (exact) mass is 566 g/mol. The number of benzene rings is 2. The van der Waals surface area contributed by atoms with Crippen LogP contribution in [0.5, 0.6) is 0 Å². The summed E-state index contributed by atoms with van der Waals surface area (Å²) in [6, 6.07) is 13.0. The molecule has 39 heavy (non-hydrogen) atoms. The van der Waals surface area contributed by atoms with Crippen molar-refractivity contribution in [1.29, 1.82) is 0 Å². The van der Waals surface area contributed by atoms with E-state index >= 15 is 0 Å². The number of carboxylic acids is 1. The molecule has 8 nitrogen and oxygen atoms in total. The lowest BCUT2D eigenvalue weighted by Crippen LogP contribution is -2.17. The first-order valence-corrected chi connectivity index (χ1v) is 14.7. The summed E-state index contributed by atoms with van der Waals surface area (Å²) in [4.78, 5) is 51.8. The first-order chi connectivity index (χ1) is 18.9. The molecule has 0 fully saturated rings. The van der Waals surface area contributed by atoms with E-state index in [2.05, 4.69) is 10.6 Å². The number of thioether (sulfide) groups is 1. The van der Waals surface area contributed by atoms with Gasteiger partial charge in [0.1, 0.15) is 5.00 Å². The largest absolute Gasteiger partial charge is 0.478 e. The quantitative estimate of drug-likeness (QED) is 0.206. The van der Waals surface area contributed by atoms with Crippen molar-refractivity contribution in [2.45, 2.75) is 50.3 Å². The molecule has 0 atom stereocenters. The molecule has 0 saturated carbocycles. The predicted molar refractivity (Wildman–Crippen MR) is 153 cm³/mol. The molecule has 2 amide bonds. The van der Waals surface area contributed by atoms with Gasteiger partial charge in [0.05, 0.1) is 29.1 Å². The third kappa shape index (κ3) is 7.27. The Morgan fingerprint density at radius 3 is 2.44 bits per heavy atom. The fourth-order valence-electron chi connectivity index (χ4n) is 4.47. The third-order valence-electron chi connectivity index (χ3n) is 6.27. The minimum Gasteiger partial charge on any atom is -0.478 e. The Morgan fingerprint density at radius 2 is 1.69 bits per heavy atom. The van der Waals surface area contributed by atoms with Crippen LogP contribution in [0.15, 0.2) is 53.4 Å². The number of nitrogens with one attached hydrogen (secondary N) is 2. The Hall–Kier alpha value is -3.63. The number of aryl methyl sites for hydroxylation is 1.